The zero-order valence-electron chi connectivity index (χ0n) is 12.6. The summed E-state index contributed by atoms with van der Waals surface area (Å²) >= 11 is 0. The van der Waals surface area contributed by atoms with Crippen LogP contribution in [-0.2, 0) is 11.3 Å². The fraction of sp³-hybridized carbons (Fsp3) is 0.529. The number of hydrogen-bond donors (Lipinski definition) is 2. The van der Waals surface area contributed by atoms with Crippen molar-refractivity contribution >= 4 is 0 Å². The first-order valence-corrected chi connectivity index (χ1v) is 7.12. The van der Waals surface area contributed by atoms with Gasteiger partial charge in [-0.15, -0.1) is 0 Å². The molecule has 0 bridgehead atoms. The minimum Gasteiger partial charge on any atom is -0.392 e. The Balaban J connectivity index is 2.36. The molecule has 20 heavy (non-hydrogen) atoms. The highest BCUT2D eigenvalue weighted by atomic mass is 16.5. The maximum atomic E-state index is 10.2. The van der Waals surface area contributed by atoms with Crippen molar-refractivity contribution in [3.63, 3.8) is 0 Å². The molecule has 2 N–H and O–H groups in total. The van der Waals surface area contributed by atoms with Gasteiger partial charge in [0.25, 0.3) is 0 Å². The third kappa shape index (κ3) is 5.87. The smallest absolute Gasteiger partial charge is 0.0717 e. The van der Waals surface area contributed by atoms with Gasteiger partial charge < -0.3 is 14.9 Å². The number of hydrogen-bond acceptors (Lipinski definition) is 3. The Labute approximate surface area is 121 Å². The molecule has 0 amide bonds. The van der Waals surface area contributed by atoms with Crippen molar-refractivity contribution in [1.82, 2.24) is 0 Å². The summed E-state index contributed by atoms with van der Waals surface area (Å²) < 4.78 is 5.65. The molecular formula is C17H26O3. The average Bonchev–Trinajstić information content (AvgIpc) is 2.47. The van der Waals surface area contributed by atoms with Crippen molar-refractivity contribution in [1.29, 1.82) is 0 Å². The summed E-state index contributed by atoms with van der Waals surface area (Å²) in [7, 11) is 0. The van der Waals surface area contributed by atoms with E-state index in [2.05, 4.69) is 0 Å². The molecule has 1 rings (SSSR count). The van der Waals surface area contributed by atoms with Crippen LogP contribution >= 0.6 is 0 Å². The van der Waals surface area contributed by atoms with Gasteiger partial charge in [0.15, 0.2) is 0 Å². The first-order valence-electron chi connectivity index (χ1n) is 7.12. The molecule has 0 aliphatic heterocycles. The summed E-state index contributed by atoms with van der Waals surface area (Å²) in [6.07, 6.45) is 1.45. The zero-order valence-corrected chi connectivity index (χ0v) is 12.6. The summed E-state index contributed by atoms with van der Waals surface area (Å²) in [6, 6.07) is 10.0. The van der Waals surface area contributed by atoms with Crippen LogP contribution in [0.15, 0.2) is 42.0 Å². The van der Waals surface area contributed by atoms with E-state index in [9.17, 15) is 5.11 Å². The van der Waals surface area contributed by atoms with E-state index in [1.54, 1.807) is 0 Å². The third-order valence-electron chi connectivity index (χ3n) is 3.41. The van der Waals surface area contributed by atoms with Gasteiger partial charge in [0.1, 0.15) is 0 Å². The SMILES string of the molecule is C/C(=C/[C@H](C)[C@@H](O)[C@@H](C)COCc1ccccc1)CO. The molecule has 3 atom stereocenters. The van der Waals surface area contributed by atoms with Crippen LogP contribution in [0.2, 0.25) is 0 Å². The van der Waals surface area contributed by atoms with Crippen molar-refractivity contribution in [3.05, 3.63) is 47.5 Å². The molecule has 1 aromatic rings. The Kier molecular flexibility index (Phi) is 7.52. The van der Waals surface area contributed by atoms with Gasteiger partial charge in [-0.05, 0) is 12.5 Å². The number of rotatable bonds is 8. The number of ether oxygens (including phenoxy) is 1. The molecule has 0 spiro atoms. The van der Waals surface area contributed by atoms with Gasteiger partial charge in [-0.1, -0.05) is 55.8 Å². The lowest BCUT2D eigenvalue weighted by molar-refractivity contribution is 0.0131. The van der Waals surface area contributed by atoms with Crippen molar-refractivity contribution in [3.8, 4) is 0 Å². The largest absolute Gasteiger partial charge is 0.392 e. The van der Waals surface area contributed by atoms with E-state index in [0.717, 1.165) is 11.1 Å². The molecular weight excluding hydrogens is 252 g/mol. The lowest BCUT2D eigenvalue weighted by Crippen LogP contribution is -2.28. The summed E-state index contributed by atoms with van der Waals surface area (Å²) in [4.78, 5) is 0. The summed E-state index contributed by atoms with van der Waals surface area (Å²) in [5, 5.41) is 19.2. The minimum atomic E-state index is -0.465. The molecule has 0 saturated carbocycles. The Morgan fingerprint density at radius 2 is 1.90 bits per heavy atom. The van der Waals surface area contributed by atoms with E-state index in [-0.39, 0.29) is 18.4 Å². The molecule has 0 aromatic heterocycles. The predicted molar refractivity (Wildman–Crippen MR) is 81.3 cm³/mol. The quantitative estimate of drug-likeness (QED) is 0.719. The molecule has 112 valence electrons. The molecule has 0 fully saturated rings. The average molecular weight is 278 g/mol. The van der Waals surface area contributed by atoms with Crippen LogP contribution in [0.25, 0.3) is 0 Å². The molecule has 0 heterocycles. The second-order valence-electron chi connectivity index (χ2n) is 5.50. The minimum absolute atomic E-state index is 0.0116. The Morgan fingerprint density at radius 3 is 2.50 bits per heavy atom. The van der Waals surface area contributed by atoms with Crippen LogP contribution < -0.4 is 0 Å². The Bertz CT molecular complexity index is 400. The summed E-state index contributed by atoms with van der Waals surface area (Å²) in [5.74, 6) is 0.0638. The van der Waals surface area contributed by atoms with E-state index in [1.807, 2.05) is 57.2 Å². The fourth-order valence-corrected chi connectivity index (χ4v) is 2.15. The van der Waals surface area contributed by atoms with E-state index in [1.165, 1.54) is 0 Å². The second kappa shape index (κ2) is 8.90. The monoisotopic (exact) mass is 278 g/mol. The highest BCUT2D eigenvalue weighted by Gasteiger charge is 2.19. The highest BCUT2D eigenvalue weighted by molar-refractivity contribution is 5.13. The van der Waals surface area contributed by atoms with Gasteiger partial charge in [0.2, 0.25) is 0 Å². The topological polar surface area (TPSA) is 49.7 Å². The maximum Gasteiger partial charge on any atom is 0.0717 e. The van der Waals surface area contributed by atoms with Crippen LogP contribution in [0, 0.1) is 11.8 Å². The number of benzene rings is 1. The predicted octanol–water partition coefficient (Wildman–Crippen LogP) is 2.77. The maximum absolute atomic E-state index is 10.2. The van der Waals surface area contributed by atoms with Gasteiger partial charge in [-0.3, -0.25) is 0 Å². The van der Waals surface area contributed by atoms with Crippen molar-refractivity contribution in [2.45, 2.75) is 33.5 Å². The Morgan fingerprint density at radius 1 is 1.25 bits per heavy atom. The zero-order chi connectivity index (χ0) is 15.0. The molecule has 0 aliphatic rings. The van der Waals surface area contributed by atoms with Gasteiger partial charge >= 0.3 is 0 Å². The van der Waals surface area contributed by atoms with Crippen LogP contribution in [0.4, 0.5) is 0 Å². The second-order valence-corrected chi connectivity index (χ2v) is 5.50. The van der Waals surface area contributed by atoms with E-state index >= 15 is 0 Å². The van der Waals surface area contributed by atoms with Crippen molar-refractivity contribution < 1.29 is 14.9 Å². The first kappa shape index (κ1) is 16.9. The van der Waals surface area contributed by atoms with E-state index in [0.29, 0.717) is 13.2 Å². The molecule has 0 aliphatic carbocycles. The normalized spacial score (nSPS) is 16.8. The molecule has 0 unspecified atom stereocenters. The van der Waals surface area contributed by atoms with Gasteiger partial charge in [-0.25, -0.2) is 0 Å². The van der Waals surface area contributed by atoms with Gasteiger partial charge in [0.05, 0.1) is 25.9 Å². The molecule has 0 radical (unpaired) electrons. The fourth-order valence-electron chi connectivity index (χ4n) is 2.15. The van der Waals surface area contributed by atoms with Crippen LogP contribution in [-0.4, -0.2) is 29.5 Å². The Hall–Kier alpha value is -1.16. The number of aliphatic hydroxyl groups is 2. The molecule has 3 heteroatoms. The summed E-state index contributed by atoms with van der Waals surface area (Å²) in [5.41, 5.74) is 2.02. The first-order chi connectivity index (χ1) is 9.54. The van der Waals surface area contributed by atoms with Crippen LogP contribution in [0.1, 0.15) is 26.3 Å². The lowest BCUT2D eigenvalue weighted by Gasteiger charge is -2.23. The standard InChI is InChI=1S/C17H26O3/c1-13(10-18)9-14(2)17(19)15(3)11-20-12-16-7-5-4-6-8-16/h4-9,14-15,17-19H,10-12H2,1-3H3/b13-9-/t14-,15-,17+/m0/s1. The molecule has 1 aromatic carbocycles. The van der Waals surface area contributed by atoms with Gasteiger partial charge in [-0.2, -0.15) is 0 Å². The molecule has 0 saturated heterocycles. The van der Waals surface area contributed by atoms with Gasteiger partial charge in [0, 0.05) is 11.8 Å². The van der Waals surface area contributed by atoms with E-state index < -0.39 is 6.10 Å². The third-order valence-corrected chi connectivity index (χ3v) is 3.41. The van der Waals surface area contributed by atoms with Crippen molar-refractivity contribution in [2.24, 2.45) is 11.8 Å². The van der Waals surface area contributed by atoms with Crippen LogP contribution in [0.5, 0.6) is 0 Å². The van der Waals surface area contributed by atoms with Crippen molar-refractivity contribution in [2.75, 3.05) is 13.2 Å². The number of aliphatic hydroxyl groups excluding tert-OH is 2. The highest BCUT2D eigenvalue weighted by Crippen LogP contribution is 2.17. The lowest BCUT2D eigenvalue weighted by atomic mass is 9.92. The molecule has 3 nitrogen and oxygen atoms in total. The summed E-state index contributed by atoms with van der Waals surface area (Å²) in [6.45, 7) is 6.92. The van der Waals surface area contributed by atoms with E-state index in [4.69, 9.17) is 9.84 Å². The van der Waals surface area contributed by atoms with Crippen LogP contribution in [0.3, 0.4) is 0 Å².